The van der Waals surface area contributed by atoms with E-state index in [1.165, 1.54) is 6.07 Å². The molecule has 1 fully saturated rings. The van der Waals surface area contributed by atoms with E-state index in [1.54, 1.807) is 6.07 Å². The van der Waals surface area contributed by atoms with E-state index in [-0.39, 0.29) is 17.1 Å². The minimum Gasteiger partial charge on any atom is -0.355 e. The molecule has 0 bridgehead atoms. The maximum Gasteiger partial charge on any atom is 0.225 e. The zero-order valence-electron chi connectivity index (χ0n) is 11.2. The number of benzene rings is 1. The van der Waals surface area contributed by atoms with Gasteiger partial charge in [-0.2, -0.15) is 0 Å². The van der Waals surface area contributed by atoms with E-state index in [1.807, 2.05) is 32.9 Å². The molecule has 1 aliphatic rings. The van der Waals surface area contributed by atoms with E-state index in [9.17, 15) is 9.18 Å². The summed E-state index contributed by atoms with van der Waals surface area (Å²) in [7, 11) is 0. The van der Waals surface area contributed by atoms with E-state index >= 15 is 0 Å². The Labute approximate surface area is 108 Å². The van der Waals surface area contributed by atoms with Crippen LogP contribution < -0.4 is 5.32 Å². The molecule has 2 rings (SSSR count). The van der Waals surface area contributed by atoms with Gasteiger partial charge in [-0.3, -0.25) is 4.79 Å². The zero-order chi connectivity index (χ0) is 13.4. The van der Waals surface area contributed by atoms with Crippen LogP contribution in [0.15, 0.2) is 24.3 Å². The fourth-order valence-corrected chi connectivity index (χ4v) is 2.10. The highest BCUT2D eigenvalue weighted by Crippen LogP contribution is 2.48. The van der Waals surface area contributed by atoms with Crippen molar-refractivity contribution in [3.63, 3.8) is 0 Å². The molecule has 0 atom stereocenters. The van der Waals surface area contributed by atoms with Gasteiger partial charge in [0.25, 0.3) is 0 Å². The minimum absolute atomic E-state index is 0.0186. The first kappa shape index (κ1) is 13.1. The van der Waals surface area contributed by atoms with Gasteiger partial charge in [-0.1, -0.05) is 39.0 Å². The molecule has 0 saturated heterocycles. The van der Waals surface area contributed by atoms with E-state index < -0.39 is 5.41 Å². The van der Waals surface area contributed by atoms with Crippen LogP contribution in [0.2, 0.25) is 0 Å². The Kier molecular flexibility index (Phi) is 3.18. The average Bonchev–Trinajstić information content (AvgIpc) is 3.06. The van der Waals surface area contributed by atoms with Crippen molar-refractivity contribution in [1.82, 2.24) is 5.32 Å². The van der Waals surface area contributed by atoms with Gasteiger partial charge < -0.3 is 5.32 Å². The highest BCUT2D eigenvalue weighted by molar-refractivity contribution is 5.81. The summed E-state index contributed by atoms with van der Waals surface area (Å²) in [5, 5.41) is 2.95. The summed E-state index contributed by atoms with van der Waals surface area (Å²) in [5.41, 5.74) is 0.164. The summed E-state index contributed by atoms with van der Waals surface area (Å²) in [6, 6.07) is 6.86. The van der Waals surface area contributed by atoms with E-state index in [4.69, 9.17) is 0 Å². The molecule has 3 heteroatoms. The molecule has 0 aromatic heterocycles. The minimum atomic E-state index is -0.398. The molecule has 98 valence electrons. The second-order valence-corrected chi connectivity index (χ2v) is 6.19. The molecule has 1 aromatic carbocycles. The van der Waals surface area contributed by atoms with Crippen molar-refractivity contribution in [2.45, 2.75) is 39.0 Å². The van der Waals surface area contributed by atoms with Gasteiger partial charge in [0.15, 0.2) is 0 Å². The number of carbonyl (C=O) groups is 1. The summed E-state index contributed by atoms with van der Waals surface area (Å²) in [4.78, 5) is 11.9. The molecule has 0 unspecified atom stereocenters. The molecule has 1 aliphatic carbocycles. The van der Waals surface area contributed by atoms with E-state index in [0.717, 1.165) is 18.4 Å². The van der Waals surface area contributed by atoms with Gasteiger partial charge in [-0.25, -0.2) is 4.39 Å². The number of carbonyl (C=O) groups excluding carboxylic acids is 1. The molecule has 18 heavy (non-hydrogen) atoms. The van der Waals surface area contributed by atoms with Gasteiger partial charge in [0.2, 0.25) is 5.91 Å². The van der Waals surface area contributed by atoms with Crippen LogP contribution in [-0.2, 0) is 10.2 Å². The van der Waals surface area contributed by atoms with Gasteiger partial charge in [0, 0.05) is 17.4 Å². The predicted molar refractivity (Wildman–Crippen MR) is 69.8 cm³/mol. The fourth-order valence-electron chi connectivity index (χ4n) is 2.10. The first-order chi connectivity index (χ1) is 8.35. The summed E-state index contributed by atoms with van der Waals surface area (Å²) < 4.78 is 13.8. The van der Waals surface area contributed by atoms with Crippen LogP contribution >= 0.6 is 0 Å². The van der Waals surface area contributed by atoms with Crippen LogP contribution in [0.4, 0.5) is 4.39 Å². The Balaban J connectivity index is 2.06. The van der Waals surface area contributed by atoms with Crippen LogP contribution in [0.1, 0.15) is 39.2 Å². The SMILES string of the molecule is CC(C)(C)C(=O)NCC1(c2ccccc2F)CC1. The lowest BCUT2D eigenvalue weighted by Gasteiger charge is -2.22. The Morgan fingerprint density at radius 2 is 1.94 bits per heavy atom. The number of halogens is 1. The van der Waals surface area contributed by atoms with Crippen molar-refractivity contribution >= 4 is 5.91 Å². The molecular formula is C15H20FNO. The van der Waals surface area contributed by atoms with Gasteiger partial charge >= 0.3 is 0 Å². The molecule has 1 aromatic rings. The second kappa shape index (κ2) is 4.38. The van der Waals surface area contributed by atoms with Gasteiger partial charge in [0.1, 0.15) is 5.82 Å². The van der Waals surface area contributed by atoms with Gasteiger partial charge in [-0.15, -0.1) is 0 Å². The summed E-state index contributed by atoms with van der Waals surface area (Å²) in [5.74, 6) is -0.148. The predicted octanol–water partition coefficient (Wildman–Crippen LogP) is 3.02. The molecular weight excluding hydrogens is 229 g/mol. The van der Waals surface area contributed by atoms with Crippen molar-refractivity contribution in [1.29, 1.82) is 0 Å². The monoisotopic (exact) mass is 249 g/mol. The molecule has 1 amide bonds. The van der Waals surface area contributed by atoms with Crippen LogP contribution in [0.25, 0.3) is 0 Å². The Bertz CT molecular complexity index is 458. The maximum absolute atomic E-state index is 13.8. The molecule has 1 N–H and O–H groups in total. The van der Waals surface area contributed by atoms with E-state index in [0.29, 0.717) is 6.54 Å². The molecule has 0 heterocycles. The highest BCUT2D eigenvalue weighted by atomic mass is 19.1. The third-order valence-corrected chi connectivity index (χ3v) is 3.57. The molecule has 2 nitrogen and oxygen atoms in total. The zero-order valence-corrected chi connectivity index (χ0v) is 11.2. The smallest absolute Gasteiger partial charge is 0.225 e. The number of rotatable bonds is 3. The van der Waals surface area contributed by atoms with Gasteiger partial charge in [-0.05, 0) is 24.5 Å². The standard InChI is InChI=1S/C15H20FNO/c1-14(2,3)13(18)17-10-15(8-9-15)11-6-4-5-7-12(11)16/h4-7H,8-10H2,1-3H3,(H,17,18). The Morgan fingerprint density at radius 1 is 1.33 bits per heavy atom. The molecule has 0 spiro atoms. The lowest BCUT2D eigenvalue weighted by Crippen LogP contribution is -2.39. The summed E-state index contributed by atoms with van der Waals surface area (Å²) in [6.07, 6.45) is 1.89. The highest BCUT2D eigenvalue weighted by Gasteiger charge is 2.46. The molecule has 1 saturated carbocycles. The number of amides is 1. The van der Waals surface area contributed by atoms with Crippen LogP contribution in [0.3, 0.4) is 0 Å². The number of nitrogens with one attached hydrogen (secondary N) is 1. The lowest BCUT2D eigenvalue weighted by molar-refractivity contribution is -0.128. The normalized spacial score (nSPS) is 17.3. The van der Waals surface area contributed by atoms with Crippen LogP contribution in [-0.4, -0.2) is 12.5 Å². The number of hydrogen-bond donors (Lipinski definition) is 1. The molecule has 0 aliphatic heterocycles. The topological polar surface area (TPSA) is 29.1 Å². The summed E-state index contributed by atoms with van der Waals surface area (Å²) in [6.45, 7) is 6.17. The first-order valence-electron chi connectivity index (χ1n) is 6.38. The Morgan fingerprint density at radius 3 is 2.44 bits per heavy atom. The van der Waals surface area contributed by atoms with Crippen molar-refractivity contribution in [3.8, 4) is 0 Å². The third-order valence-electron chi connectivity index (χ3n) is 3.57. The molecule has 0 radical (unpaired) electrons. The summed E-state index contributed by atoms with van der Waals surface area (Å²) >= 11 is 0. The average molecular weight is 249 g/mol. The van der Waals surface area contributed by atoms with Crippen molar-refractivity contribution in [2.75, 3.05) is 6.54 Å². The largest absolute Gasteiger partial charge is 0.355 e. The first-order valence-corrected chi connectivity index (χ1v) is 6.38. The van der Waals surface area contributed by atoms with Crippen molar-refractivity contribution in [3.05, 3.63) is 35.6 Å². The van der Waals surface area contributed by atoms with Crippen LogP contribution in [0.5, 0.6) is 0 Å². The maximum atomic E-state index is 13.8. The van der Waals surface area contributed by atoms with E-state index in [2.05, 4.69) is 5.32 Å². The van der Waals surface area contributed by atoms with Crippen molar-refractivity contribution in [2.24, 2.45) is 5.41 Å². The van der Waals surface area contributed by atoms with Crippen molar-refractivity contribution < 1.29 is 9.18 Å². The number of hydrogen-bond acceptors (Lipinski definition) is 1. The third kappa shape index (κ3) is 2.55. The lowest BCUT2D eigenvalue weighted by atomic mass is 9.92. The fraction of sp³-hybridized carbons (Fsp3) is 0.533. The quantitative estimate of drug-likeness (QED) is 0.876. The second-order valence-electron chi connectivity index (χ2n) is 6.19. The Hall–Kier alpha value is -1.38. The van der Waals surface area contributed by atoms with Crippen LogP contribution in [0, 0.1) is 11.2 Å². The van der Waals surface area contributed by atoms with Gasteiger partial charge in [0.05, 0.1) is 0 Å².